The SMILES string of the molecule is NC(c1csc2ccccc12)C1CC2CCC1C2. The monoisotopic (exact) mass is 257 g/mol. The maximum atomic E-state index is 6.60. The van der Waals surface area contributed by atoms with E-state index >= 15 is 0 Å². The Morgan fingerprint density at radius 1 is 1.17 bits per heavy atom. The van der Waals surface area contributed by atoms with E-state index in [0.717, 1.165) is 17.8 Å². The molecule has 0 saturated heterocycles. The lowest BCUT2D eigenvalue weighted by molar-refractivity contribution is 0.286. The van der Waals surface area contributed by atoms with Crippen LogP contribution < -0.4 is 5.73 Å². The third-order valence-electron chi connectivity index (χ3n) is 5.12. The van der Waals surface area contributed by atoms with Crippen LogP contribution in [-0.4, -0.2) is 0 Å². The van der Waals surface area contributed by atoms with E-state index in [4.69, 9.17) is 5.73 Å². The molecule has 4 rings (SSSR count). The Hall–Kier alpha value is -0.860. The Kier molecular flexibility index (Phi) is 2.49. The zero-order chi connectivity index (χ0) is 12.1. The van der Waals surface area contributed by atoms with Gasteiger partial charge in [-0.2, -0.15) is 0 Å². The molecule has 1 nitrogen and oxygen atoms in total. The standard InChI is InChI=1S/C16H19NS/c17-16(13-8-10-5-6-11(13)7-10)14-9-18-15-4-2-1-3-12(14)15/h1-4,9-11,13,16H,5-8,17H2. The number of thiophene rings is 1. The van der Waals surface area contributed by atoms with E-state index in [0.29, 0.717) is 0 Å². The summed E-state index contributed by atoms with van der Waals surface area (Å²) in [6, 6.07) is 8.94. The summed E-state index contributed by atoms with van der Waals surface area (Å²) in [5, 5.41) is 3.68. The van der Waals surface area contributed by atoms with Crippen molar-refractivity contribution in [1.29, 1.82) is 0 Å². The maximum Gasteiger partial charge on any atom is 0.0346 e. The van der Waals surface area contributed by atoms with Crippen molar-refractivity contribution in [2.75, 3.05) is 0 Å². The van der Waals surface area contributed by atoms with E-state index in [-0.39, 0.29) is 6.04 Å². The van der Waals surface area contributed by atoms with Crippen molar-refractivity contribution < 1.29 is 0 Å². The third-order valence-corrected chi connectivity index (χ3v) is 6.11. The van der Waals surface area contributed by atoms with Crippen molar-refractivity contribution in [3.8, 4) is 0 Å². The first-order valence-corrected chi connectivity index (χ1v) is 7.92. The van der Waals surface area contributed by atoms with Crippen molar-refractivity contribution in [2.24, 2.45) is 23.5 Å². The van der Waals surface area contributed by atoms with E-state index < -0.39 is 0 Å². The molecule has 2 aromatic rings. The molecule has 18 heavy (non-hydrogen) atoms. The predicted molar refractivity (Wildman–Crippen MR) is 77.7 cm³/mol. The Labute approximate surface area is 112 Å². The molecule has 0 aliphatic heterocycles. The fraction of sp³-hybridized carbons (Fsp3) is 0.500. The average Bonchev–Trinajstić information content (AvgIpc) is 3.12. The molecule has 4 unspecified atom stereocenters. The Bertz CT molecular complexity index is 573. The second-order valence-corrected chi connectivity index (χ2v) is 6.96. The van der Waals surface area contributed by atoms with Gasteiger partial charge in [-0.3, -0.25) is 0 Å². The highest BCUT2D eigenvalue weighted by atomic mass is 32.1. The fourth-order valence-electron chi connectivity index (χ4n) is 4.22. The fourth-order valence-corrected chi connectivity index (χ4v) is 5.23. The van der Waals surface area contributed by atoms with Crippen LogP contribution in [0.5, 0.6) is 0 Å². The van der Waals surface area contributed by atoms with Crippen LogP contribution in [0.25, 0.3) is 10.1 Å². The van der Waals surface area contributed by atoms with Gasteiger partial charge in [0, 0.05) is 10.7 Å². The minimum Gasteiger partial charge on any atom is -0.324 e. The quantitative estimate of drug-likeness (QED) is 0.851. The minimum absolute atomic E-state index is 0.261. The molecule has 2 aliphatic carbocycles. The van der Waals surface area contributed by atoms with Gasteiger partial charge in [-0.1, -0.05) is 24.6 Å². The molecule has 2 saturated carbocycles. The van der Waals surface area contributed by atoms with Crippen LogP contribution >= 0.6 is 11.3 Å². The summed E-state index contributed by atoms with van der Waals surface area (Å²) >= 11 is 1.84. The van der Waals surface area contributed by atoms with Crippen molar-refractivity contribution in [1.82, 2.24) is 0 Å². The van der Waals surface area contributed by atoms with Crippen LogP contribution in [0.1, 0.15) is 37.3 Å². The predicted octanol–water partition coefficient (Wildman–Crippen LogP) is 4.34. The van der Waals surface area contributed by atoms with Gasteiger partial charge >= 0.3 is 0 Å². The first-order valence-electron chi connectivity index (χ1n) is 7.04. The van der Waals surface area contributed by atoms with E-state index in [1.54, 1.807) is 0 Å². The highest BCUT2D eigenvalue weighted by Crippen LogP contribution is 2.52. The lowest BCUT2D eigenvalue weighted by Gasteiger charge is -2.27. The number of benzene rings is 1. The molecule has 4 atom stereocenters. The highest BCUT2D eigenvalue weighted by molar-refractivity contribution is 7.17. The van der Waals surface area contributed by atoms with Gasteiger partial charge in [-0.25, -0.2) is 0 Å². The topological polar surface area (TPSA) is 26.0 Å². The van der Waals surface area contributed by atoms with Crippen LogP contribution in [0.4, 0.5) is 0 Å². The van der Waals surface area contributed by atoms with Crippen LogP contribution in [0.15, 0.2) is 29.6 Å². The van der Waals surface area contributed by atoms with Crippen LogP contribution in [0, 0.1) is 17.8 Å². The second-order valence-electron chi connectivity index (χ2n) is 6.05. The van der Waals surface area contributed by atoms with Gasteiger partial charge in [0.1, 0.15) is 0 Å². The zero-order valence-electron chi connectivity index (χ0n) is 10.5. The van der Waals surface area contributed by atoms with Crippen LogP contribution in [0.2, 0.25) is 0 Å². The summed E-state index contributed by atoms with van der Waals surface area (Å²) < 4.78 is 1.38. The van der Waals surface area contributed by atoms with Crippen LogP contribution in [0.3, 0.4) is 0 Å². The first kappa shape index (κ1) is 11.0. The van der Waals surface area contributed by atoms with E-state index in [9.17, 15) is 0 Å². The van der Waals surface area contributed by atoms with Crippen molar-refractivity contribution in [3.05, 3.63) is 35.2 Å². The second kappa shape index (κ2) is 4.07. The van der Waals surface area contributed by atoms with Gasteiger partial charge in [-0.05, 0) is 59.4 Å². The van der Waals surface area contributed by atoms with Crippen molar-refractivity contribution in [2.45, 2.75) is 31.7 Å². The van der Waals surface area contributed by atoms with Crippen molar-refractivity contribution >= 4 is 21.4 Å². The molecular weight excluding hydrogens is 238 g/mol. The summed E-state index contributed by atoms with van der Waals surface area (Å²) in [5.41, 5.74) is 8.00. The van der Waals surface area contributed by atoms with Gasteiger partial charge in [0.05, 0.1) is 0 Å². The number of rotatable bonds is 2. The van der Waals surface area contributed by atoms with Gasteiger partial charge in [0.2, 0.25) is 0 Å². The molecule has 0 spiro atoms. The van der Waals surface area contributed by atoms with Gasteiger partial charge < -0.3 is 5.73 Å². The molecule has 0 radical (unpaired) electrons. The summed E-state index contributed by atoms with van der Waals surface area (Å²) in [6.07, 6.45) is 5.69. The first-order chi connectivity index (χ1) is 8.83. The van der Waals surface area contributed by atoms with Crippen LogP contribution in [-0.2, 0) is 0 Å². The summed E-state index contributed by atoms with van der Waals surface area (Å²) in [6.45, 7) is 0. The Morgan fingerprint density at radius 3 is 2.83 bits per heavy atom. The Morgan fingerprint density at radius 2 is 2.06 bits per heavy atom. The van der Waals surface area contributed by atoms with E-state index in [2.05, 4.69) is 29.6 Å². The van der Waals surface area contributed by atoms with E-state index in [1.165, 1.54) is 41.3 Å². The van der Waals surface area contributed by atoms with Gasteiger partial charge in [0.15, 0.2) is 0 Å². The molecule has 2 fully saturated rings. The largest absolute Gasteiger partial charge is 0.324 e. The smallest absolute Gasteiger partial charge is 0.0346 e. The lowest BCUT2D eigenvalue weighted by Crippen LogP contribution is -2.25. The summed E-state index contributed by atoms with van der Waals surface area (Å²) in [4.78, 5) is 0. The molecule has 94 valence electrons. The molecule has 2 bridgehead atoms. The summed E-state index contributed by atoms with van der Waals surface area (Å²) in [5.74, 6) is 2.63. The summed E-state index contributed by atoms with van der Waals surface area (Å²) in [7, 11) is 0. The molecule has 2 aliphatic rings. The third kappa shape index (κ3) is 1.55. The van der Waals surface area contributed by atoms with Gasteiger partial charge in [0.25, 0.3) is 0 Å². The molecule has 2 N–H and O–H groups in total. The molecule has 1 aromatic carbocycles. The maximum absolute atomic E-state index is 6.60. The Balaban J connectivity index is 1.70. The zero-order valence-corrected chi connectivity index (χ0v) is 11.3. The number of hydrogen-bond donors (Lipinski definition) is 1. The number of hydrogen-bond acceptors (Lipinski definition) is 2. The average molecular weight is 257 g/mol. The van der Waals surface area contributed by atoms with E-state index in [1.807, 2.05) is 11.3 Å². The van der Waals surface area contributed by atoms with Crippen molar-refractivity contribution in [3.63, 3.8) is 0 Å². The lowest BCUT2D eigenvalue weighted by atomic mass is 9.81. The molecule has 1 aromatic heterocycles. The minimum atomic E-state index is 0.261. The molecule has 1 heterocycles. The number of fused-ring (bicyclic) bond motifs is 3. The highest BCUT2D eigenvalue weighted by Gasteiger charge is 2.42. The number of nitrogens with two attached hydrogens (primary N) is 1. The molecule has 2 heteroatoms. The van der Waals surface area contributed by atoms with Gasteiger partial charge in [-0.15, -0.1) is 11.3 Å². The molecule has 0 amide bonds. The molecular formula is C16H19NS. The normalized spacial score (nSPS) is 32.2.